The Balaban J connectivity index is 1.65. The maximum Gasteiger partial charge on any atom is 0.326 e. The van der Waals surface area contributed by atoms with Gasteiger partial charge in [0, 0.05) is 31.4 Å². The lowest BCUT2D eigenvalue weighted by Gasteiger charge is -2.64. The Kier molecular flexibility index (Phi) is 4.49. The molecule has 0 aromatic heterocycles. The van der Waals surface area contributed by atoms with Crippen LogP contribution in [0.15, 0.2) is 36.4 Å². The van der Waals surface area contributed by atoms with E-state index in [1.165, 1.54) is 6.20 Å². The van der Waals surface area contributed by atoms with Crippen LogP contribution in [0, 0.1) is 0 Å². The topological polar surface area (TPSA) is 90.3 Å². The van der Waals surface area contributed by atoms with Crippen molar-refractivity contribution in [3.8, 4) is 11.5 Å². The van der Waals surface area contributed by atoms with E-state index in [4.69, 9.17) is 4.74 Å². The molecule has 2 heterocycles. The van der Waals surface area contributed by atoms with Crippen molar-refractivity contribution in [2.45, 2.75) is 54.9 Å². The lowest BCUT2D eigenvalue weighted by Crippen LogP contribution is -2.77. The van der Waals surface area contributed by atoms with E-state index in [0.717, 1.165) is 17.7 Å². The summed E-state index contributed by atoms with van der Waals surface area (Å²) >= 11 is 0. The smallest absolute Gasteiger partial charge is 0.326 e. The first-order valence-corrected chi connectivity index (χ1v) is 12.0. The number of rotatable bonds is 5. The highest BCUT2D eigenvalue weighted by molar-refractivity contribution is 7.89. The van der Waals surface area contributed by atoms with Crippen LogP contribution in [0.25, 0.3) is 0 Å². The number of aliphatic hydroxyl groups is 1. The minimum atomic E-state index is -4.76. The minimum Gasteiger partial charge on any atom is -0.504 e. The molecule has 1 saturated carbocycles. The molecule has 2 N–H and O–H groups in total. The molecular weight excluding hydrogens is 423 g/mol. The second-order valence-electron chi connectivity index (χ2n) is 9.17. The first-order valence-electron chi connectivity index (χ1n) is 10.6. The highest BCUT2D eigenvalue weighted by atomic mass is 32.3. The van der Waals surface area contributed by atoms with E-state index in [2.05, 4.69) is 11.5 Å². The number of nitrogens with zero attached hydrogens (tertiary/aromatic N) is 2. The van der Waals surface area contributed by atoms with Gasteiger partial charge in [-0.3, -0.25) is 4.90 Å². The van der Waals surface area contributed by atoms with Gasteiger partial charge in [-0.25, -0.2) is 0 Å². The number of likely N-dealkylation sites (tertiary alicyclic amines) is 1. The molecule has 5 rings (SSSR count). The Labute approximate surface area is 181 Å². The van der Waals surface area contributed by atoms with Gasteiger partial charge >= 0.3 is 10.2 Å². The summed E-state index contributed by atoms with van der Waals surface area (Å²) in [6.07, 6.45) is 4.88. The Morgan fingerprint density at radius 1 is 1.42 bits per heavy atom. The van der Waals surface area contributed by atoms with Crippen molar-refractivity contribution in [2.75, 3.05) is 20.1 Å². The summed E-state index contributed by atoms with van der Waals surface area (Å²) in [5, 5.41) is 23.3. The number of hydrogen-bond acceptors (Lipinski definition) is 7. The molecule has 2 fully saturated rings. The van der Waals surface area contributed by atoms with Gasteiger partial charge in [0.1, 0.15) is 6.10 Å². The van der Waals surface area contributed by atoms with Gasteiger partial charge in [0.15, 0.2) is 11.5 Å². The monoisotopic (exact) mass is 450 g/mol. The average Bonchev–Trinajstić information content (AvgIpc) is 3.05. The minimum absolute atomic E-state index is 0.0418. The van der Waals surface area contributed by atoms with Gasteiger partial charge in [0.2, 0.25) is 0 Å². The number of benzene rings is 1. The van der Waals surface area contributed by atoms with Gasteiger partial charge in [-0.05, 0) is 43.9 Å². The highest BCUT2D eigenvalue weighted by Crippen LogP contribution is 2.65. The first-order chi connectivity index (χ1) is 14.6. The summed E-state index contributed by atoms with van der Waals surface area (Å²) in [5.41, 5.74) is 0.160. The van der Waals surface area contributed by atoms with Gasteiger partial charge in [0.05, 0.1) is 22.5 Å². The van der Waals surface area contributed by atoms with E-state index in [1.54, 1.807) is 18.0 Å². The molecule has 2 aliphatic heterocycles. The van der Waals surface area contributed by atoms with Gasteiger partial charge in [-0.2, -0.15) is 8.42 Å². The summed E-state index contributed by atoms with van der Waals surface area (Å²) in [6.45, 7) is 5.29. The molecule has 1 spiro atoms. The lowest BCUT2D eigenvalue weighted by atomic mass is 9.48. The normalized spacial score (nSPS) is 36.2. The van der Waals surface area contributed by atoms with Crippen LogP contribution < -0.4 is 4.74 Å². The third-order valence-electron chi connectivity index (χ3n) is 7.89. The first kappa shape index (κ1) is 20.8. The highest BCUT2D eigenvalue weighted by Gasteiger charge is 2.73. The summed E-state index contributed by atoms with van der Waals surface area (Å²) in [7, 11) is -3.07. The molecule has 2 aliphatic carbocycles. The fourth-order valence-corrected chi connectivity index (χ4v) is 7.02. The zero-order chi connectivity index (χ0) is 22.2. The van der Waals surface area contributed by atoms with E-state index in [-0.39, 0.29) is 17.8 Å². The van der Waals surface area contributed by atoms with Gasteiger partial charge in [0.25, 0.3) is 0 Å². The summed E-state index contributed by atoms with van der Waals surface area (Å²) in [6, 6.07) is 3.15. The van der Waals surface area contributed by atoms with Crippen LogP contribution in [0.1, 0.15) is 30.4 Å². The Morgan fingerprint density at radius 3 is 2.90 bits per heavy atom. The molecule has 2 bridgehead atoms. The Bertz CT molecular complexity index is 1080. The van der Waals surface area contributed by atoms with Crippen molar-refractivity contribution < 1.29 is 27.3 Å². The summed E-state index contributed by atoms with van der Waals surface area (Å²) in [5.74, 6) is 0.457. The SMILES string of the molecule is C=CCN1CC[C@]23c4c5ccc(O)c4OC2[C@H](N(C)/C=C/S(=O)(=O)F)CC[C@@]3(O)C1C5. The molecule has 0 amide bonds. The maximum absolute atomic E-state index is 13.1. The maximum atomic E-state index is 13.1. The number of piperidine rings is 1. The van der Waals surface area contributed by atoms with Crippen LogP contribution in [0.3, 0.4) is 0 Å². The molecule has 1 saturated heterocycles. The number of phenols is 1. The number of phenolic OH excluding ortho intramolecular Hbond substituents is 1. The quantitative estimate of drug-likeness (QED) is 0.522. The van der Waals surface area contributed by atoms with E-state index < -0.39 is 27.3 Å². The van der Waals surface area contributed by atoms with Crippen molar-refractivity contribution >= 4 is 10.2 Å². The molecule has 2 unspecified atom stereocenters. The molecule has 31 heavy (non-hydrogen) atoms. The summed E-state index contributed by atoms with van der Waals surface area (Å²) in [4.78, 5) is 3.92. The molecule has 168 valence electrons. The number of aromatic hydroxyl groups is 1. The molecule has 5 atom stereocenters. The molecule has 9 heteroatoms. The van der Waals surface area contributed by atoms with Crippen molar-refractivity contribution in [3.05, 3.63) is 47.5 Å². The van der Waals surface area contributed by atoms with Crippen LogP contribution in [0.4, 0.5) is 3.89 Å². The van der Waals surface area contributed by atoms with Crippen LogP contribution in [0.5, 0.6) is 11.5 Å². The van der Waals surface area contributed by atoms with Crippen molar-refractivity contribution in [3.63, 3.8) is 0 Å². The van der Waals surface area contributed by atoms with Crippen molar-refractivity contribution in [1.29, 1.82) is 0 Å². The molecule has 1 aromatic carbocycles. The fraction of sp³-hybridized carbons (Fsp3) is 0.545. The van der Waals surface area contributed by atoms with Gasteiger partial charge in [-0.1, -0.05) is 12.1 Å². The number of ether oxygens (including phenoxy) is 1. The van der Waals surface area contributed by atoms with Crippen molar-refractivity contribution in [1.82, 2.24) is 9.80 Å². The van der Waals surface area contributed by atoms with Gasteiger partial charge < -0.3 is 19.8 Å². The molecule has 0 radical (unpaired) electrons. The van der Waals surface area contributed by atoms with E-state index in [0.29, 0.717) is 43.4 Å². The average molecular weight is 451 g/mol. The zero-order valence-electron chi connectivity index (χ0n) is 17.4. The van der Waals surface area contributed by atoms with Crippen LogP contribution in [0.2, 0.25) is 0 Å². The van der Waals surface area contributed by atoms with E-state index >= 15 is 0 Å². The second kappa shape index (κ2) is 6.70. The predicted molar refractivity (Wildman–Crippen MR) is 113 cm³/mol. The standard InChI is InChI=1S/C22H27FN2O5S/c1-3-9-25-10-8-21-18-14-4-5-16(26)19(18)30-20(21)15(24(2)11-12-31(23,28)29)6-7-22(21,27)17(25)13-14/h3-5,11-12,15,17,20,26-27H,1,6-10,13H2,2H3/b12-11+/t15-,17?,20?,21+,22-/m1/s1. The second-order valence-corrected chi connectivity index (χ2v) is 10.4. The molecule has 1 aromatic rings. The fourth-order valence-electron chi connectivity index (χ4n) is 6.69. The van der Waals surface area contributed by atoms with Crippen LogP contribution in [-0.4, -0.2) is 72.4 Å². The third-order valence-corrected chi connectivity index (χ3v) is 8.33. The molecular formula is C22H27FN2O5S. The number of hydrogen-bond donors (Lipinski definition) is 2. The lowest BCUT2D eigenvalue weighted by molar-refractivity contribution is -0.195. The zero-order valence-corrected chi connectivity index (χ0v) is 18.2. The predicted octanol–water partition coefficient (Wildman–Crippen LogP) is 1.80. The van der Waals surface area contributed by atoms with Crippen LogP contribution in [-0.2, 0) is 22.1 Å². The molecule has 7 nitrogen and oxygen atoms in total. The summed E-state index contributed by atoms with van der Waals surface area (Å²) < 4.78 is 41.5. The van der Waals surface area contributed by atoms with E-state index in [9.17, 15) is 22.5 Å². The van der Waals surface area contributed by atoms with Crippen molar-refractivity contribution in [2.24, 2.45) is 0 Å². The number of halogens is 1. The largest absolute Gasteiger partial charge is 0.504 e. The molecule has 4 aliphatic rings. The third kappa shape index (κ3) is 2.72. The Hall–Kier alpha value is -2.10. The Morgan fingerprint density at radius 2 is 2.19 bits per heavy atom. The number of likely N-dealkylation sites (N-methyl/N-ethyl adjacent to an activating group) is 1. The van der Waals surface area contributed by atoms with E-state index in [1.807, 2.05) is 12.1 Å². The van der Waals surface area contributed by atoms with Gasteiger partial charge in [-0.15, -0.1) is 10.5 Å². The van der Waals surface area contributed by atoms with Crippen LogP contribution >= 0.6 is 0 Å².